The van der Waals surface area contributed by atoms with E-state index in [1.807, 2.05) is 31.2 Å². The fourth-order valence-corrected chi connectivity index (χ4v) is 5.81. The number of sulfonamides is 1. The van der Waals surface area contributed by atoms with Crippen LogP contribution in [0.2, 0.25) is 0 Å². The Balaban J connectivity index is 1.66. The van der Waals surface area contributed by atoms with Crippen LogP contribution >= 0.6 is 0 Å². The summed E-state index contributed by atoms with van der Waals surface area (Å²) in [5.74, 6) is -1.15. The van der Waals surface area contributed by atoms with Crippen LogP contribution in [0.3, 0.4) is 0 Å². The van der Waals surface area contributed by atoms with E-state index in [1.165, 1.54) is 34.6 Å². The van der Waals surface area contributed by atoms with Gasteiger partial charge in [0.05, 0.1) is 23.0 Å². The molecule has 8 heteroatoms. The number of hydrogen-bond donors (Lipinski definition) is 1. The topological polar surface area (TPSA) is 83.9 Å². The maximum absolute atomic E-state index is 13.9. The number of carboxylic acids is 1. The fraction of sp³-hybridized carbons (Fsp3) is 0.208. The van der Waals surface area contributed by atoms with Gasteiger partial charge in [-0.15, -0.1) is 0 Å². The zero-order valence-electron chi connectivity index (χ0n) is 17.5. The van der Waals surface area contributed by atoms with Crippen molar-refractivity contribution in [2.45, 2.75) is 37.1 Å². The molecule has 0 bridgehead atoms. The van der Waals surface area contributed by atoms with E-state index in [1.54, 1.807) is 19.1 Å². The van der Waals surface area contributed by atoms with Crippen molar-refractivity contribution in [1.82, 2.24) is 0 Å². The second-order valence-corrected chi connectivity index (χ2v) is 9.65. The average molecular weight is 456 g/mol. The molecular weight excluding hydrogens is 433 g/mol. The number of carboxylic acid groups (broad SMARTS) is 1. The maximum atomic E-state index is 13.9. The Bertz CT molecular complexity index is 1270. The second kappa shape index (κ2) is 8.27. The molecule has 0 aromatic heterocycles. The van der Waals surface area contributed by atoms with Gasteiger partial charge in [-0.25, -0.2) is 12.8 Å². The van der Waals surface area contributed by atoms with Crippen molar-refractivity contribution in [2.24, 2.45) is 0 Å². The normalized spacial score (nSPS) is 17.8. The first-order valence-corrected chi connectivity index (χ1v) is 11.5. The van der Waals surface area contributed by atoms with E-state index < -0.39 is 33.8 Å². The summed E-state index contributed by atoms with van der Waals surface area (Å²) in [5, 5.41) is 9.29. The molecule has 0 fully saturated rings. The van der Waals surface area contributed by atoms with Crippen LogP contribution in [0, 0.1) is 12.7 Å². The summed E-state index contributed by atoms with van der Waals surface area (Å²) in [6.45, 7) is 3.58. The molecule has 0 amide bonds. The summed E-state index contributed by atoms with van der Waals surface area (Å²) < 4.78 is 47.8. The van der Waals surface area contributed by atoms with Gasteiger partial charge in [-0.2, -0.15) is 0 Å². The summed E-state index contributed by atoms with van der Waals surface area (Å²) in [5.41, 5.74) is 1.71. The lowest BCUT2D eigenvalue weighted by Gasteiger charge is -2.26. The van der Waals surface area contributed by atoms with Gasteiger partial charge in [-0.3, -0.25) is 9.10 Å². The molecule has 1 aliphatic rings. The SMILES string of the molecule is Cc1cccc(Oc2ccc(S(=O)(=O)N3c4ccc(F)cc4C(CC(=O)O)C3C)cc2)c1. The standard InChI is InChI=1S/C24H22FNO5S/c1-15-4-3-5-19(12-15)31-18-7-9-20(10-8-18)32(29,30)26-16(2)21(14-24(27)28)22-13-17(25)6-11-23(22)26/h3-13,16,21H,14H2,1-2H3,(H,27,28). The number of anilines is 1. The Kier molecular flexibility index (Phi) is 5.64. The predicted molar refractivity (Wildman–Crippen MR) is 118 cm³/mol. The Labute approximate surface area is 185 Å². The van der Waals surface area contributed by atoms with Crippen LogP contribution in [-0.4, -0.2) is 25.5 Å². The molecule has 1 N–H and O–H groups in total. The summed E-state index contributed by atoms with van der Waals surface area (Å²) in [4.78, 5) is 11.4. The van der Waals surface area contributed by atoms with E-state index in [-0.39, 0.29) is 11.3 Å². The molecule has 0 aliphatic carbocycles. The molecule has 3 aromatic carbocycles. The third-order valence-corrected chi connectivity index (χ3v) is 7.49. The Morgan fingerprint density at radius 1 is 1.06 bits per heavy atom. The first kappa shape index (κ1) is 21.8. The number of hydrogen-bond acceptors (Lipinski definition) is 4. The molecule has 6 nitrogen and oxygen atoms in total. The summed E-state index contributed by atoms with van der Waals surface area (Å²) in [6, 6.07) is 16.6. The Morgan fingerprint density at radius 3 is 2.44 bits per heavy atom. The van der Waals surface area contributed by atoms with Crippen LogP contribution in [0.25, 0.3) is 0 Å². The predicted octanol–water partition coefficient (Wildman–Crippen LogP) is 5.08. The van der Waals surface area contributed by atoms with Gasteiger partial charge in [0.1, 0.15) is 17.3 Å². The molecular formula is C24H22FNO5S. The number of aliphatic carboxylic acids is 1. The van der Waals surface area contributed by atoms with Gasteiger partial charge >= 0.3 is 5.97 Å². The van der Waals surface area contributed by atoms with Gasteiger partial charge in [-0.1, -0.05) is 12.1 Å². The molecule has 0 saturated heterocycles. The molecule has 2 atom stereocenters. The number of fused-ring (bicyclic) bond motifs is 1. The molecule has 2 unspecified atom stereocenters. The number of rotatable bonds is 6. The van der Waals surface area contributed by atoms with Crippen LogP contribution in [0.4, 0.5) is 10.1 Å². The van der Waals surface area contributed by atoms with Gasteiger partial charge in [-0.05, 0) is 79.6 Å². The number of ether oxygens (including phenoxy) is 1. The number of carbonyl (C=O) groups is 1. The van der Waals surface area contributed by atoms with Crippen molar-refractivity contribution in [2.75, 3.05) is 4.31 Å². The maximum Gasteiger partial charge on any atom is 0.304 e. The van der Waals surface area contributed by atoms with E-state index in [2.05, 4.69) is 0 Å². The highest BCUT2D eigenvalue weighted by Crippen LogP contribution is 2.45. The monoisotopic (exact) mass is 455 g/mol. The smallest absolute Gasteiger partial charge is 0.304 e. The van der Waals surface area contributed by atoms with E-state index in [9.17, 15) is 22.7 Å². The largest absolute Gasteiger partial charge is 0.481 e. The lowest BCUT2D eigenvalue weighted by atomic mass is 9.93. The molecule has 0 spiro atoms. The van der Waals surface area contributed by atoms with Crippen LogP contribution in [0.15, 0.2) is 71.6 Å². The van der Waals surface area contributed by atoms with Crippen molar-refractivity contribution < 1.29 is 27.4 Å². The van der Waals surface area contributed by atoms with E-state index in [4.69, 9.17) is 4.74 Å². The third-order valence-electron chi connectivity index (χ3n) is 5.58. The number of benzene rings is 3. The lowest BCUT2D eigenvalue weighted by molar-refractivity contribution is -0.137. The van der Waals surface area contributed by atoms with E-state index in [0.717, 1.165) is 5.56 Å². The molecule has 1 aliphatic heterocycles. The lowest BCUT2D eigenvalue weighted by Crippen LogP contribution is -2.37. The van der Waals surface area contributed by atoms with E-state index >= 15 is 0 Å². The second-order valence-electron chi connectivity index (χ2n) is 7.84. The molecule has 166 valence electrons. The zero-order chi connectivity index (χ0) is 23.0. The fourth-order valence-electron chi connectivity index (χ4n) is 4.09. The zero-order valence-corrected chi connectivity index (χ0v) is 18.3. The van der Waals surface area contributed by atoms with Gasteiger partial charge in [0.25, 0.3) is 10.0 Å². The number of aryl methyl sites for hydroxylation is 1. The first-order valence-electron chi connectivity index (χ1n) is 10.1. The summed E-state index contributed by atoms with van der Waals surface area (Å²) in [6.07, 6.45) is -0.299. The third kappa shape index (κ3) is 4.05. The minimum Gasteiger partial charge on any atom is -0.481 e. The molecule has 4 rings (SSSR count). The van der Waals surface area contributed by atoms with Crippen molar-refractivity contribution in [3.05, 3.63) is 83.7 Å². The highest BCUT2D eigenvalue weighted by atomic mass is 32.2. The molecule has 0 radical (unpaired) electrons. The van der Waals surface area contributed by atoms with Crippen molar-refractivity contribution in [3.63, 3.8) is 0 Å². The van der Waals surface area contributed by atoms with Crippen molar-refractivity contribution in [3.8, 4) is 11.5 Å². The van der Waals surface area contributed by atoms with Crippen LogP contribution in [0.5, 0.6) is 11.5 Å². The average Bonchev–Trinajstić information content (AvgIpc) is 2.99. The van der Waals surface area contributed by atoms with E-state index in [0.29, 0.717) is 22.7 Å². The first-order chi connectivity index (χ1) is 15.2. The van der Waals surface area contributed by atoms with Crippen LogP contribution in [0.1, 0.15) is 30.4 Å². The number of halogens is 1. The van der Waals surface area contributed by atoms with Gasteiger partial charge in [0.15, 0.2) is 0 Å². The Hall–Kier alpha value is -3.39. The van der Waals surface area contributed by atoms with Gasteiger partial charge < -0.3 is 9.84 Å². The van der Waals surface area contributed by atoms with Gasteiger partial charge in [0, 0.05) is 5.92 Å². The molecule has 3 aromatic rings. The molecule has 0 saturated carbocycles. The van der Waals surface area contributed by atoms with Crippen LogP contribution < -0.4 is 9.04 Å². The highest BCUT2D eigenvalue weighted by molar-refractivity contribution is 7.92. The number of nitrogens with zero attached hydrogens (tertiary/aromatic N) is 1. The van der Waals surface area contributed by atoms with Crippen molar-refractivity contribution in [1.29, 1.82) is 0 Å². The summed E-state index contributed by atoms with van der Waals surface area (Å²) in [7, 11) is -4.02. The minimum atomic E-state index is -4.02. The van der Waals surface area contributed by atoms with Crippen molar-refractivity contribution >= 4 is 21.7 Å². The quantitative estimate of drug-likeness (QED) is 0.560. The van der Waals surface area contributed by atoms with Crippen LogP contribution in [-0.2, 0) is 14.8 Å². The minimum absolute atomic E-state index is 0.0344. The summed E-state index contributed by atoms with van der Waals surface area (Å²) >= 11 is 0. The Morgan fingerprint density at radius 2 is 1.78 bits per heavy atom. The highest BCUT2D eigenvalue weighted by Gasteiger charge is 2.43. The molecule has 32 heavy (non-hydrogen) atoms. The molecule has 1 heterocycles. The van der Waals surface area contributed by atoms with Gasteiger partial charge in [0.2, 0.25) is 0 Å².